The summed E-state index contributed by atoms with van der Waals surface area (Å²) in [5.74, 6) is 1.13. The lowest BCUT2D eigenvalue weighted by molar-refractivity contribution is 0.174. The summed E-state index contributed by atoms with van der Waals surface area (Å²) in [6.45, 7) is 0.732. The van der Waals surface area contributed by atoms with Gasteiger partial charge in [0.25, 0.3) is 0 Å². The Kier molecular flexibility index (Phi) is 4.44. The Hall–Kier alpha value is -1.86. The van der Waals surface area contributed by atoms with Crippen molar-refractivity contribution in [1.29, 1.82) is 0 Å². The van der Waals surface area contributed by atoms with Crippen LogP contribution in [-0.4, -0.2) is 11.9 Å². The number of anilines is 1. The van der Waals surface area contributed by atoms with E-state index in [4.69, 9.17) is 21.7 Å². The number of hydrogen-bond acceptors (Lipinski definition) is 3. The van der Waals surface area contributed by atoms with Crippen molar-refractivity contribution in [3.8, 4) is 11.5 Å². The first-order chi connectivity index (χ1) is 10.6. The molecular weight excluding hydrogens is 371 g/mol. The molecule has 1 heterocycles. The number of rotatable bonds is 3. The number of hydrogen-bond donors (Lipinski definition) is 2. The maximum atomic E-state index is 13.2. The van der Waals surface area contributed by atoms with E-state index in [1.165, 1.54) is 6.07 Å². The molecule has 2 N–H and O–H groups in total. The molecule has 0 bridgehead atoms. The van der Waals surface area contributed by atoms with E-state index >= 15 is 0 Å². The predicted octanol–water partition coefficient (Wildman–Crippen LogP) is 3.80. The number of fused-ring (bicyclic) bond motifs is 1. The fourth-order valence-electron chi connectivity index (χ4n) is 1.98. The van der Waals surface area contributed by atoms with Gasteiger partial charge in [0.1, 0.15) is 5.82 Å². The van der Waals surface area contributed by atoms with Crippen molar-refractivity contribution < 1.29 is 13.9 Å². The Morgan fingerprint density at radius 3 is 2.82 bits per heavy atom. The molecule has 2 aromatic rings. The zero-order valence-corrected chi connectivity index (χ0v) is 13.8. The van der Waals surface area contributed by atoms with E-state index in [1.54, 1.807) is 12.1 Å². The van der Waals surface area contributed by atoms with Crippen molar-refractivity contribution in [3.05, 3.63) is 52.3 Å². The van der Waals surface area contributed by atoms with Crippen LogP contribution < -0.4 is 20.1 Å². The summed E-state index contributed by atoms with van der Waals surface area (Å²) in [6, 6.07) is 10.3. The first-order valence-corrected chi connectivity index (χ1v) is 7.70. The highest BCUT2D eigenvalue weighted by Gasteiger charge is 2.13. The highest BCUT2D eigenvalue weighted by atomic mass is 79.9. The number of benzene rings is 2. The lowest BCUT2D eigenvalue weighted by Crippen LogP contribution is -2.27. The van der Waals surface area contributed by atoms with Gasteiger partial charge < -0.3 is 20.1 Å². The number of thiocarbonyl (C=S) groups is 1. The number of ether oxygens (including phenoxy) is 2. The van der Waals surface area contributed by atoms with Crippen LogP contribution in [0.3, 0.4) is 0 Å². The molecule has 0 radical (unpaired) electrons. The van der Waals surface area contributed by atoms with Gasteiger partial charge in [-0.25, -0.2) is 4.39 Å². The van der Waals surface area contributed by atoms with Crippen LogP contribution in [0.2, 0.25) is 0 Å². The summed E-state index contributed by atoms with van der Waals surface area (Å²) in [4.78, 5) is 0. The number of nitrogens with one attached hydrogen (secondary N) is 2. The Morgan fingerprint density at radius 1 is 1.18 bits per heavy atom. The molecule has 0 amide bonds. The molecule has 114 valence electrons. The molecule has 7 heteroatoms. The molecule has 2 aromatic carbocycles. The van der Waals surface area contributed by atoms with Crippen LogP contribution in [0.4, 0.5) is 10.1 Å². The summed E-state index contributed by atoms with van der Waals surface area (Å²) in [5, 5.41) is 6.61. The molecule has 3 rings (SSSR count). The second kappa shape index (κ2) is 6.50. The minimum Gasteiger partial charge on any atom is -0.454 e. The van der Waals surface area contributed by atoms with Crippen molar-refractivity contribution in [2.45, 2.75) is 6.54 Å². The molecule has 0 atom stereocenters. The maximum Gasteiger partial charge on any atom is 0.231 e. The van der Waals surface area contributed by atoms with Crippen LogP contribution in [0.5, 0.6) is 11.5 Å². The monoisotopic (exact) mass is 382 g/mol. The third kappa shape index (κ3) is 3.48. The van der Waals surface area contributed by atoms with Gasteiger partial charge in [0.2, 0.25) is 6.79 Å². The number of halogens is 2. The quantitative estimate of drug-likeness (QED) is 0.790. The Bertz CT molecular complexity index is 727. The fraction of sp³-hybridized carbons (Fsp3) is 0.133. The molecule has 4 nitrogen and oxygen atoms in total. The van der Waals surface area contributed by atoms with Crippen LogP contribution in [0.1, 0.15) is 5.56 Å². The predicted molar refractivity (Wildman–Crippen MR) is 89.7 cm³/mol. The van der Waals surface area contributed by atoms with Crippen LogP contribution in [0.25, 0.3) is 0 Å². The topological polar surface area (TPSA) is 42.5 Å². The summed E-state index contributed by atoms with van der Waals surface area (Å²) < 4.78 is 24.2. The van der Waals surface area contributed by atoms with Crippen molar-refractivity contribution in [2.75, 3.05) is 12.1 Å². The normalized spacial score (nSPS) is 12.1. The Balaban J connectivity index is 1.57. The van der Waals surface area contributed by atoms with Gasteiger partial charge in [-0.1, -0.05) is 6.07 Å². The SMILES string of the molecule is Fc1ccc(CNC(=S)Nc2ccc3c(c2)OCO3)cc1Br. The Morgan fingerprint density at radius 2 is 2.00 bits per heavy atom. The summed E-state index contributed by atoms with van der Waals surface area (Å²) in [6.07, 6.45) is 0. The maximum absolute atomic E-state index is 13.2. The molecule has 1 aliphatic rings. The summed E-state index contributed by atoms with van der Waals surface area (Å²) in [7, 11) is 0. The van der Waals surface area contributed by atoms with E-state index in [1.807, 2.05) is 18.2 Å². The summed E-state index contributed by atoms with van der Waals surface area (Å²) >= 11 is 8.40. The second-order valence-electron chi connectivity index (χ2n) is 4.62. The van der Waals surface area contributed by atoms with Gasteiger partial charge in [-0.05, 0) is 58.0 Å². The largest absolute Gasteiger partial charge is 0.454 e. The average molecular weight is 383 g/mol. The highest BCUT2D eigenvalue weighted by molar-refractivity contribution is 9.10. The Labute approximate surface area is 140 Å². The van der Waals surface area contributed by atoms with Gasteiger partial charge in [0.05, 0.1) is 4.47 Å². The molecule has 0 fully saturated rings. The minimum absolute atomic E-state index is 0.237. The van der Waals surface area contributed by atoms with E-state index in [0.29, 0.717) is 21.9 Å². The van der Waals surface area contributed by atoms with Gasteiger partial charge in [-0.2, -0.15) is 0 Å². The van der Waals surface area contributed by atoms with E-state index < -0.39 is 0 Å². The molecular formula is C15H12BrFN2O2S. The van der Waals surface area contributed by atoms with Crippen LogP contribution in [0, 0.1) is 5.82 Å². The standard InChI is InChI=1S/C15H12BrFN2O2S/c16-11-5-9(1-3-12(11)17)7-18-15(22)19-10-2-4-13-14(6-10)21-8-20-13/h1-6H,7-8H2,(H2,18,19,22). The first-order valence-electron chi connectivity index (χ1n) is 6.50. The average Bonchev–Trinajstić information content (AvgIpc) is 2.96. The second-order valence-corrected chi connectivity index (χ2v) is 5.89. The van der Waals surface area contributed by atoms with Crippen LogP contribution in [0.15, 0.2) is 40.9 Å². The van der Waals surface area contributed by atoms with E-state index in [0.717, 1.165) is 17.0 Å². The molecule has 0 saturated carbocycles. The summed E-state index contributed by atoms with van der Waals surface area (Å²) in [5.41, 5.74) is 1.73. The van der Waals surface area contributed by atoms with E-state index in [-0.39, 0.29) is 12.6 Å². The van der Waals surface area contributed by atoms with Gasteiger partial charge in [-0.3, -0.25) is 0 Å². The highest BCUT2D eigenvalue weighted by Crippen LogP contribution is 2.34. The molecule has 1 aliphatic heterocycles. The van der Waals surface area contributed by atoms with Crippen molar-refractivity contribution >= 4 is 38.9 Å². The lowest BCUT2D eigenvalue weighted by atomic mass is 10.2. The molecule has 22 heavy (non-hydrogen) atoms. The van der Waals surface area contributed by atoms with Crippen LogP contribution >= 0.6 is 28.1 Å². The molecule has 0 spiro atoms. The lowest BCUT2D eigenvalue weighted by Gasteiger charge is -2.11. The van der Waals surface area contributed by atoms with Gasteiger partial charge in [0, 0.05) is 18.3 Å². The molecule has 0 unspecified atom stereocenters. The van der Waals surface area contributed by atoms with E-state index in [9.17, 15) is 4.39 Å². The van der Waals surface area contributed by atoms with Crippen molar-refractivity contribution in [1.82, 2.24) is 5.32 Å². The van der Waals surface area contributed by atoms with Gasteiger partial charge >= 0.3 is 0 Å². The smallest absolute Gasteiger partial charge is 0.231 e. The van der Waals surface area contributed by atoms with E-state index in [2.05, 4.69) is 26.6 Å². The van der Waals surface area contributed by atoms with Crippen LogP contribution in [-0.2, 0) is 6.54 Å². The third-order valence-electron chi connectivity index (χ3n) is 3.07. The molecule has 0 aliphatic carbocycles. The molecule has 0 saturated heterocycles. The zero-order valence-electron chi connectivity index (χ0n) is 11.4. The first kappa shape index (κ1) is 15.1. The van der Waals surface area contributed by atoms with Gasteiger partial charge in [0.15, 0.2) is 16.6 Å². The molecule has 0 aromatic heterocycles. The van der Waals surface area contributed by atoms with Gasteiger partial charge in [-0.15, -0.1) is 0 Å². The third-order valence-corrected chi connectivity index (χ3v) is 3.92. The van der Waals surface area contributed by atoms with Crippen molar-refractivity contribution in [2.24, 2.45) is 0 Å². The minimum atomic E-state index is -0.287. The van der Waals surface area contributed by atoms with Crippen molar-refractivity contribution in [3.63, 3.8) is 0 Å². The zero-order chi connectivity index (χ0) is 15.5. The fourth-order valence-corrected chi connectivity index (χ4v) is 2.60.